The molecule has 0 bridgehead atoms. The quantitative estimate of drug-likeness (QED) is 0.820. The van der Waals surface area contributed by atoms with Crippen molar-refractivity contribution in [3.05, 3.63) is 22.4 Å². The van der Waals surface area contributed by atoms with Gasteiger partial charge in [-0.25, -0.2) is 12.8 Å². The Morgan fingerprint density at radius 2 is 1.85 bits per heavy atom. The fourth-order valence-electron chi connectivity index (χ4n) is 2.71. The van der Waals surface area contributed by atoms with Crippen LogP contribution in [-0.2, 0) is 10.0 Å². The summed E-state index contributed by atoms with van der Waals surface area (Å²) in [7, 11) is -3.86. The summed E-state index contributed by atoms with van der Waals surface area (Å²) in [5.41, 5.74) is 5.85. The molecule has 1 aliphatic heterocycles. The molecule has 0 radical (unpaired) electrons. The van der Waals surface area contributed by atoms with Gasteiger partial charge in [-0.2, -0.15) is 4.31 Å². The Morgan fingerprint density at radius 3 is 2.40 bits per heavy atom. The molecule has 4 nitrogen and oxygen atoms in total. The first-order valence-electron chi connectivity index (χ1n) is 6.46. The lowest BCUT2D eigenvalue weighted by molar-refractivity contribution is 0.222. The van der Waals surface area contributed by atoms with Crippen LogP contribution in [-0.4, -0.2) is 25.8 Å². The average Bonchev–Trinajstić information content (AvgIpc) is 2.32. The summed E-state index contributed by atoms with van der Waals surface area (Å²) < 4.78 is 40.8. The Labute approximate surface area is 127 Å². The van der Waals surface area contributed by atoms with Crippen LogP contribution in [0.5, 0.6) is 0 Å². The van der Waals surface area contributed by atoms with Gasteiger partial charge in [-0.1, -0.05) is 13.8 Å². The van der Waals surface area contributed by atoms with Gasteiger partial charge in [-0.05, 0) is 46.3 Å². The van der Waals surface area contributed by atoms with E-state index >= 15 is 0 Å². The molecule has 20 heavy (non-hydrogen) atoms. The highest BCUT2D eigenvalue weighted by molar-refractivity contribution is 9.10. The first-order valence-corrected chi connectivity index (χ1v) is 8.69. The summed E-state index contributed by atoms with van der Waals surface area (Å²) in [5, 5.41) is 0. The molecule has 0 spiro atoms. The van der Waals surface area contributed by atoms with Crippen molar-refractivity contribution >= 4 is 31.6 Å². The summed E-state index contributed by atoms with van der Waals surface area (Å²) in [5.74, 6) is -0.257. The number of nitrogens with zero attached hydrogens (tertiary/aromatic N) is 1. The van der Waals surface area contributed by atoms with E-state index in [0.717, 1.165) is 6.42 Å². The summed E-state index contributed by atoms with van der Waals surface area (Å²) in [6.07, 6.45) is 0.981. The zero-order valence-corrected chi connectivity index (χ0v) is 13.8. The minimum absolute atomic E-state index is 0.0641. The van der Waals surface area contributed by atoms with Crippen molar-refractivity contribution in [2.75, 3.05) is 18.8 Å². The molecule has 2 unspecified atom stereocenters. The van der Waals surface area contributed by atoms with Crippen LogP contribution in [0.25, 0.3) is 0 Å². The maximum Gasteiger partial charge on any atom is 0.246 e. The van der Waals surface area contributed by atoms with Crippen LogP contribution in [0.4, 0.5) is 10.1 Å². The number of piperidine rings is 1. The first-order chi connectivity index (χ1) is 9.21. The number of sulfonamides is 1. The second-order valence-electron chi connectivity index (χ2n) is 5.58. The van der Waals surface area contributed by atoms with Gasteiger partial charge >= 0.3 is 0 Å². The monoisotopic (exact) mass is 364 g/mol. The summed E-state index contributed by atoms with van der Waals surface area (Å²) in [6, 6.07) is 2.54. The molecule has 1 fully saturated rings. The molecule has 1 aromatic carbocycles. The van der Waals surface area contributed by atoms with Gasteiger partial charge in [0.25, 0.3) is 0 Å². The molecule has 0 saturated carbocycles. The Balaban J connectivity index is 2.45. The fourth-order valence-corrected chi connectivity index (χ4v) is 5.12. The molecule has 1 saturated heterocycles. The first kappa shape index (κ1) is 15.7. The van der Waals surface area contributed by atoms with Crippen molar-refractivity contribution in [3.8, 4) is 0 Å². The number of rotatable bonds is 2. The van der Waals surface area contributed by atoms with E-state index < -0.39 is 15.8 Å². The summed E-state index contributed by atoms with van der Waals surface area (Å²) >= 11 is 3.00. The number of hydrogen-bond donors (Lipinski definition) is 1. The van der Waals surface area contributed by atoms with Crippen LogP contribution in [0.15, 0.2) is 21.5 Å². The lowest BCUT2D eigenvalue weighted by atomic mass is 9.94. The third-order valence-electron chi connectivity index (χ3n) is 3.47. The third-order valence-corrected chi connectivity index (χ3v) is 5.88. The molecule has 7 heteroatoms. The van der Waals surface area contributed by atoms with Crippen molar-refractivity contribution in [3.63, 3.8) is 0 Å². The predicted octanol–water partition coefficient (Wildman–Crippen LogP) is 2.84. The zero-order valence-electron chi connectivity index (χ0n) is 11.4. The van der Waals surface area contributed by atoms with Gasteiger partial charge in [-0.15, -0.1) is 0 Å². The van der Waals surface area contributed by atoms with E-state index in [1.54, 1.807) is 0 Å². The Hall–Kier alpha value is -0.660. The van der Waals surface area contributed by atoms with Crippen LogP contribution in [0.3, 0.4) is 0 Å². The van der Waals surface area contributed by atoms with Crippen LogP contribution in [0.2, 0.25) is 0 Å². The highest BCUT2D eigenvalue weighted by Gasteiger charge is 2.34. The van der Waals surface area contributed by atoms with E-state index in [-0.39, 0.29) is 26.9 Å². The van der Waals surface area contributed by atoms with Gasteiger partial charge in [0.05, 0.1) is 4.47 Å². The molecular formula is C13H18BrFN2O2S. The summed E-state index contributed by atoms with van der Waals surface area (Å²) in [4.78, 5) is -0.356. The molecule has 1 aliphatic rings. The lowest BCUT2D eigenvalue weighted by Crippen LogP contribution is -2.42. The van der Waals surface area contributed by atoms with E-state index in [0.29, 0.717) is 13.1 Å². The molecule has 0 aliphatic carbocycles. The smallest absolute Gasteiger partial charge is 0.246 e. The number of nitrogens with two attached hydrogens (primary N) is 1. The minimum Gasteiger partial charge on any atom is -0.399 e. The molecule has 1 aromatic rings. The molecular weight excluding hydrogens is 347 g/mol. The van der Waals surface area contributed by atoms with Crippen molar-refractivity contribution in [1.82, 2.24) is 4.31 Å². The fraction of sp³-hybridized carbons (Fsp3) is 0.538. The second-order valence-corrected chi connectivity index (χ2v) is 8.34. The Bertz CT molecular complexity index is 611. The second kappa shape index (κ2) is 5.61. The maximum atomic E-state index is 14.1. The standard InChI is InChI=1S/C13H18BrFN2O2S/c1-8-3-9(2)7-17(6-8)20(18,19)12-5-10(16)4-11(14)13(12)15/h4-5,8-9H,3,6-7,16H2,1-2H3. The van der Waals surface area contributed by atoms with Crippen LogP contribution < -0.4 is 5.73 Å². The van der Waals surface area contributed by atoms with E-state index in [1.807, 2.05) is 13.8 Å². The molecule has 2 atom stereocenters. The predicted molar refractivity (Wildman–Crippen MR) is 80.2 cm³/mol. The Morgan fingerprint density at radius 1 is 1.30 bits per heavy atom. The topological polar surface area (TPSA) is 63.4 Å². The number of halogens is 2. The van der Waals surface area contributed by atoms with Gasteiger partial charge < -0.3 is 5.73 Å². The SMILES string of the molecule is CC1CC(C)CN(S(=O)(=O)c2cc(N)cc(Br)c2F)C1. The van der Waals surface area contributed by atoms with Gasteiger partial charge in [0.1, 0.15) is 4.90 Å². The van der Waals surface area contributed by atoms with E-state index in [4.69, 9.17) is 5.73 Å². The van der Waals surface area contributed by atoms with E-state index in [9.17, 15) is 12.8 Å². The maximum absolute atomic E-state index is 14.1. The van der Waals surface area contributed by atoms with Crippen LogP contribution in [0.1, 0.15) is 20.3 Å². The normalized spacial score (nSPS) is 24.8. The number of benzene rings is 1. The summed E-state index contributed by atoms with van der Waals surface area (Å²) in [6.45, 7) is 4.84. The van der Waals surface area contributed by atoms with Crippen LogP contribution >= 0.6 is 15.9 Å². The molecule has 1 heterocycles. The van der Waals surface area contributed by atoms with Crippen molar-refractivity contribution in [1.29, 1.82) is 0 Å². The molecule has 112 valence electrons. The Kier molecular flexibility index (Phi) is 4.41. The number of anilines is 1. The zero-order chi connectivity index (χ0) is 15.1. The number of nitrogen functional groups attached to an aromatic ring is 1. The lowest BCUT2D eigenvalue weighted by Gasteiger charge is -2.34. The van der Waals surface area contributed by atoms with Crippen molar-refractivity contribution in [2.24, 2.45) is 11.8 Å². The highest BCUT2D eigenvalue weighted by Crippen LogP contribution is 2.31. The van der Waals surface area contributed by atoms with Gasteiger partial charge in [-0.3, -0.25) is 0 Å². The van der Waals surface area contributed by atoms with Crippen molar-refractivity contribution in [2.45, 2.75) is 25.2 Å². The largest absolute Gasteiger partial charge is 0.399 e. The van der Waals surface area contributed by atoms with Gasteiger partial charge in [0.2, 0.25) is 10.0 Å². The average molecular weight is 365 g/mol. The number of hydrogen-bond acceptors (Lipinski definition) is 3. The molecule has 2 N–H and O–H groups in total. The minimum atomic E-state index is -3.86. The molecule has 0 aromatic heterocycles. The van der Waals surface area contributed by atoms with E-state index in [2.05, 4.69) is 15.9 Å². The van der Waals surface area contributed by atoms with Crippen LogP contribution in [0, 0.1) is 17.7 Å². The third kappa shape index (κ3) is 2.99. The van der Waals surface area contributed by atoms with Gasteiger partial charge in [0, 0.05) is 18.8 Å². The van der Waals surface area contributed by atoms with Gasteiger partial charge in [0.15, 0.2) is 5.82 Å². The molecule has 2 rings (SSSR count). The molecule has 0 amide bonds. The van der Waals surface area contributed by atoms with Crippen molar-refractivity contribution < 1.29 is 12.8 Å². The highest BCUT2D eigenvalue weighted by atomic mass is 79.9. The van der Waals surface area contributed by atoms with E-state index in [1.165, 1.54) is 16.4 Å².